The fraction of sp³-hybridized carbons (Fsp3) is 0.250. The summed E-state index contributed by atoms with van der Waals surface area (Å²) < 4.78 is 2.92. The van der Waals surface area contributed by atoms with Crippen molar-refractivity contribution < 1.29 is 9.90 Å². The van der Waals surface area contributed by atoms with Crippen LogP contribution < -0.4 is 10.7 Å². The number of likely N-dealkylation sites (tertiary alicyclic amines) is 1. The number of thiazole rings is 1. The Morgan fingerprint density at radius 1 is 1.03 bits per heavy atom. The Labute approximate surface area is 211 Å². The van der Waals surface area contributed by atoms with E-state index in [2.05, 4.69) is 10.2 Å². The molecule has 3 aromatic heterocycles. The third-order valence-corrected chi connectivity index (χ3v) is 8.01. The Morgan fingerprint density at radius 3 is 2.58 bits per heavy atom. The van der Waals surface area contributed by atoms with Crippen LogP contribution in [0, 0.1) is 0 Å². The van der Waals surface area contributed by atoms with Crippen LogP contribution in [0.15, 0.2) is 65.5 Å². The van der Waals surface area contributed by atoms with Gasteiger partial charge >= 0.3 is 0 Å². The highest BCUT2D eigenvalue weighted by Crippen LogP contribution is 2.31. The lowest BCUT2D eigenvalue weighted by atomic mass is 10.1. The molecule has 5 aromatic rings. The maximum atomic E-state index is 13.7. The first-order chi connectivity index (χ1) is 17.6. The number of rotatable bonds is 6. The van der Waals surface area contributed by atoms with Crippen molar-refractivity contribution in [1.29, 1.82) is 0 Å². The molecule has 1 aliphatic heterocycles. The number of nitrogens with zero attached hydrogens (tertiary/aromatic N) is 3. The largest absolute Gasteiger partial charge is 0.392 e. The minimum absolute atomic E-state index is 0.0226. The highest BCUT2D eigenvalue weighted by atomic mass is 32.1. The van der Waals surface area contributed by atoms with Gasteiger partial charge in [0.1, 0.15) is 16.0 Å². The lowest BCUT2D eigenvalue weighted by Crippen LogP contribution is -2.35. The van der Waals surface area contributed by atoms with Gasteiger partial charge in [0.15, 0.2) is 0 Å². The molecule has 0 saturated carbocycles. The van der Waals surface area contributed by atoms with Crippen LogP contribution in [0.5, 0.6) is 0 Å². The molecule has 1 fully saturated rings. The molecule has 1 amide bonds. The molecule has 36 heavy (non-hydrogen) atoms. The number of carbonyl (C=O) groups excluding carboxylic acids is 1. The highest BCUT2D eigenvalue weighted by Gasteiger charge is 2.23. The first-order valence-corrected chi connectivity index (χ1v) is 13.0. The first-order valence-electron chi connectivity index (χ1n) is 12.2. The predicted molar refractivity (Wildman–Crippen MR) is 144 cm³/mol. The van der Waals surface area contributed by atoms with Crippen molar-refractivity contribution in [3.05, 3.63) is 82.0 Å². The number of carbonyl (C=O) groups is 1. The molecule has 0 unspecified atom stereocenters. The summed E-state index contributed by atoms with van der Waals surface area (Å²) in [5.41, 5.74) is 3.75. The fourth-order valence-corrected chi connectivity index (χ4v) is 6.13. The third kappa shape index (κ3) is 3.97. The van der Waals surface area contributed by atoms with Crippen LogP contribution in [0.1, 0.15) is 28.8 Å². The molecule has 1 saturated heterocycles. The summed E-state index contributed by atoms with van der Waals surface area (Å²) in [5, 5.41) is 12.8. The number of para-hydroxylation sites is 1. The number of pyridine rings is 2. The van der Waals surface area contributed by atoms with Crippen molar-refractivity contribution in [2.75, 3.05) is 26.2 Å². The summed E-state index contributed by atoms with van der Waals surface area (Å²) >= 11 is 1.43. The molecule has 4 heterocycles. The molecule has 6 rings (SSSR count). The standard InChI is InChI=1S/C28H26N4O3S/c33-17-18-7-9-19(10-8-18)21-12-11-20-25(34)24(27(35)29-13-16-31-14-3-4-15-31)28-32(26(20)30-21)22-5-1-2-6-23(22)36-28/h1-2,5-12,33H,3-4,13-17H2,(H,29,35). The van der Waals surface area contributed by atoms with Crippen molar-refractivity contribution in [3.63, 3.8) is 0 Å². The summed E-state index contributed by atoms with van der Waals surface area (Å²) in [5.74, 6) is -0.339. The van der Waals surface area contributed by atoms with Crippen molar-refractivity contribution in [3.8, 4) is 11.3 Å². The Bertz CT molecular complexity index is 1650. The molecule has 0 atom stereocenters. The van der Waals surface area contributed by atoms with E-state index in [1.165, 1.54) is 24.2 Å². The Morgan fingerprint density at radius 2 is 1.81 bits per heavy atom. The zero-order valence-electron chi connectivity index (χ0n) is 19.7. The maximum absolute atomic E-state index is 13.7. The molecule has 8 heteroatoms. The molecular formula is C28H26N4O3S. The number of aliphatic hydroxyl groups is 1. The molecule has 0 radical (unpaired) electrons. The second kappa shape index (κ2) is 9.46. The van der Waals surface area contributed by atoms with Crippen LogP contribution >= 0.6 is 11.3 Å². The fourth-order valence-electron chi connectivity index (χ4n) is 4.95. The van der Waals surface area contributed by atoms with E-state index >= 15 is 0 Å². The van der Waals surface area contributed by atoms with Gasteiger partial charge in [-0.3, -0.25) is 14.0 Å². The number of amides is 1. The SMILES string of the molecule is O=C(NCCN1CCCC1)c1c(=O)c2ccc(-c3ccc(CO)cc3)nc2n2c1sc1ccccc12. The van der Waals surface area contributed by atoms with Gasteiger partial charge in [-0.2, -0.15) is 0 Å². The zero-order chi connectivity index (χ0) is 24.6. The summed E-state index contributed by atoms with van der Waals surface area (Å²) in [4.78, 5) is 34.8. The summed E-state index contributed by atoms with van der Waals surface area (Å²) in [6, 6.07) is 19.0. The maximum Gasteiger partial charge on any atom is 0.258 e. The lowest BCUT2D eigenvalue weighted by Gasteiger charge is -2.15. The quantitative estimate of drug-likeness (QED) is 0.369. The van der Waals surface area contributed by atoms with Gasteiger partial charge < -0.3 is 15.3 Å². The van der Waals surface area contributed by atoms with Crippen molar-refractivity contribution in [2.24, 2.45) is 0 Å². The van der Waals surface area contributed by atoms with Crippen molar-refractivity contribution >= 4 is 43.3 Å². The average Bonchev–Trinajstić information content (AvgIpc) is 3.56. The van der Waals surface area contributed by atoms with Crippen LogP contribution in [-0.4, -0.2) is 51.5 Å². The molecule has 1 aliphatic rings. The van der Waals surface area contributed by atoms with Gasteiger partial charge in [0.2, 0.25) is 5.43 Å². The van der Waals surface area contributed by atoms with Gasteiger partial charge in [-0.1, -0.05) is 36.4 Å². The van der Waals surface area contributed by atoms with E-state index in [0.717, 1.165) is 46.7 Å². The van der Waals surface area contributed by atoms with Gasteiger partial charge in [-0.25, -0.2) is 4.98 Å². The molecule has 182 valence electrons. The third-order valence-electron chi connectivity index (χ3n) is 6.86. The number of aliphatic hydroxyl groups excluding tert-OH is 1. The monoisotopic (exact) mass is 498 g/mol. The van der Waals surface area contributed by atoms with E-state index in [-0.39, 0.29) is 23.5 Å². The zero-order valence-corrected chi connectivity index (χ0v) is 20.6. The smallest absolute Gasteiger partial charge is 0.258 e. The minimum Gasteiger partial charge on any atom is -0.392 e. The number of hydrogen-bond donors (Lipinski definition) is 2. The summed E-state index contributed by atoms with van der Waals surface area (Å²) in [6.45, 7) is 3.40. The Hall–Kier alpha value is -3.59. The van der Waals surface area contributed by atoms with E-state index in [4.69, 9.17) is 4.98 Å². The Balaban J connectivity index is 1.49. The van der Waals surface area contributed by atoms with E-state index in [1.54, 1.807) is 6.07 Å². The molecule has 0 bridgehead atoms. The number of fused-ring (bicyclic) bond motifs is 5. The predicted octanol–water partition coefficient (Wildman–Crippen LogP) is 4.05. The lowest BCUT2D eigenvalue weighted by molar-refractivity contribution is 0.0950. The van der Waals surface area contributed by atoms with Gasteiger partial charge in [-0.15, -0.1) is 11.3 Å². The van der Waals surface area contributed by atoms with Crippen molar-refractivity contribution in [1.82, 2.24) is 19.6 Å². The summed E-state index contributed by atoms with van der Waals surface area (Å²) in [7, 11) is 0. The number of hydrogen-bond acceptors (Lipinski definition) is 6. The summed E-state index contributed by atoms with van der Waals surface area (Å²) in [6.07, 6.45) is 2.39. The van der Waals surface area contributed by atoms with E-state index in [0.29, 0.717) is 22.4 Å². The van der Waals surface area contributed by atoms with Gasteiger partial charge in [0.05, 0.1) is 27.9 Å². The molecular weight excluding hydrogens is 472 g/mol. The number of aromatic nitrogens is 2. The van der Waals surface area contributed by atoms with Gasteiger partial charge in [0.25, 0.3) is 5.91 Å². The highest BCUT2D eigenvalue weighted by molar-refractivity contribution is 7.24. The second-order valence-corrected chi connectivity index (χ2v) is 10.2. The van der Waals surface area contributed by atoms with Gasteiger partial charge in [0, 0.05) is 18.7 Å². The number of benzene rings is 2. The van der Waals surface area contributed by atoms with E-state index in [9.17, 15) is 14.7 Å². The molecule has 2 N–H and O–H groups in total. The van der Waals surface area contributed by atoms with Crippen molar-refractivity contribution in [2.45, 2.75) is 19.4 Å². The number of nitrogens with one attached hydrogen (secondary N) is 1. The Kier molecular flexibility index (Phi) is 6.00. The second-order valence-electron chi connectivity index (χ2n) is 9.14. The van der Waals surface area contributed by atoms with Crippen LogP contribution in [0.4, 0.5) is 0 Å². The molecule has 0 spiro atoms. The minimum atomic E-state index is -0.339. The van der Waals surface area contributed by atoms with Crippen LogP contribution in [0.25, 0.3) is 37.3 Å². The molecule has 0 aliphatic carbocycles. The van der Waals surface area contributed by atoms with Gasteiger partial charge in [-0.05, 0) is 55.8 Å². The van der Waals surface area contributed by atoms with Crippen LogP contribution in [0.3, 0.4) is 0 Å². The van der Waals surface area contributed by atoms with Crippen LogP contribution in [-0.2, 0) is 6.61 Å². The topological polar surface area (TPSA) is 86.9 Å². The first kappa shape index (κ1) is 22.8. The van der Waals surface area contributed by atoms with E-state index in [1.807, 2.05) is 59.0 Å². The van der Waals surface area contributed by atoms with E-state index < -0.39 is 0 Å². The average molecular weight is 499 g/mol. The normalized spacial score (nSPS) is 14.2. The molecule has 2 aromatic carbocycles. The molecule has 7 nitrogen and oxygen atoms in total. The van der Waals surface area contributed by atoms with Crippen LogP contribution in [0.2, 0.25) is 0 Å².